The van der Waals surface area contributed by atoms with Gasteiger partial charge in [-0.1, -0.05) is 56.7 Å². The van der Waals surface area contributed by atoms with Crippen molar-refractivity contribution in [3.63, 3.8) is 0 Å². The third-order valence-corrected chi connectivity index (χ3v) is 7.80. The lowest BCUT2D eigenvalue weighted by molar-refractivity contribution is -0.144. The van der Waals surface area contributed by atoms with Gasteiger partial charge >= 0.3 is 5.97 Å². The fraction of sp³-hybridized carbons (Fsp3) is 0.556. The van der Waals surface area contributed by atoms with Crippen LogP contribution in [-0.2, 0) is 9.53 Å². The molecular weight excluding hydrogens is 372 g/mol. The van der Waals surface area contributed by atoms with Crippen LogP contribution >= 0.6 is 0 Å². The Morgan fingerprint density at radius 2 is 1.90 bits per heavy atom. The number of rotatable bonds is 6. The van der Waals surface area contributed by atoms with Crippen molar-refractivity contribution < 1.29 is 14.3 Å². The van der Waals surface area contributed by atoms with Crippen LogP contribution in [0.2, 0.25) is 0 Å². The Balaban J connectivity index is 1.59. The van der Waals surface area contributed by atoms with Crippen molar-refractivity contribution in [3.05, 3.63) is 59.7 Å². The molecule has 3 heteroatoms. The van der Waals surface area contributed by atoms with Crippen molar-refractivity contribution in [1.82, 2.24) is 0 Å². The van der Waals surface area contributed by atoms with Gasteiger partial charge in [-0.15, -0.1) is 0 Å². The molecule has 0 unspecified atom stereocenters. The minimum atomic E-state index is -0.287. The molecule has 162 valence electrons. The summed E-state index contributed by atoms with van der Waals surface area (Å²) in [5.74, 6) is 1.01. The van der Waals surface area contributed by atoms with Crippen LogP contribution < -0.4 is 0 Å². The zero-order valence-corrected chi connectivity index (χ0v) is 19.0. The van der Waals surface area contributed by atoms with Gasteiger partial charge in [-0.3, -0.25) is 4.79 Å². The molecule has 0 heterocycles. The standard InChI is InChI=1S/C27H36O3/c1-19(16-18-30-25(29)21-9-7-6-8-10-21)11-13-22-20(2)12-14-23-26(3,4)24(28)15-17-27(22,23)5/h6-10,16,22-23H,2,11-15,17-18H2,1,3-5H3/b19-16+/t22-,23-,27+/m0/s1. The van der Waals surface area contributed by atoms with Crippen LogP contribution in [0.1, 0.15) is 76.6 Å². The third-order valence-electron chi connectivity index (χ3n) is 7.80. The second-order valence-electron chi connectivity index (χ2n) is 10.0. The van der Waals surface area contributed by atoms with E-state index in [1.165, 1.54) is 11.1 Å². The lowest BCUT2D eigenvalue weighted by Gasteiger charge is -2.57. The Morgan fingerprint density at radius 1 is 1.20 bits per heavy atom. The first kappa shape index (κ1) is 22.5. The highest BCUT2D eigenvalue weighted by molar-refractivity contribution is 5.89. The van der Waals surface area contributed by atoms with Crippen molar-refractivity contribution in [2.24, 2.45) is 22.7 Å². The first-order valence-corrected chi connectivity index (χ1v) is 11.2. The van der Waals surface area contributed by atoms with Crippen molar-refractivity contribution in [2.75, 3.05) is 6.61 Å². The molecule has 30 heavy (non-hydrogen) atoms. The lowest BCUT2D eigenvalue weighted by Crippen LogP contribution is -2.53. The van der Waals surface area contributed by atoms with Crippen molar-refractivity contribution in [1.29, 1.82) is 0 Å². The van der Waals surface area contributed by atoms with Gasteiger partial charge < -0.3 is 4.74 Å². The number of Topliss-reactive ketones (excluding diaryl/α,β-unsaturated/α-hetero) is 1. The molecule has 3 atom stereocenters. The summed E-state index contributed by atoms with van der Waals surface area (Å²) < 4.78 is 5.39. The van der Waals surface area contributed by atoms with Gasteiger partial charge in [0.05, 0.1) is 5.56 Å². The molecule has 0 amide bonds. The van der Waals surface area contributed by atoms with E-state index in [1.54, 1.807) is 12.1 Å². The molecule has 3 nitrogen and oxygen atoms in total. The summed E-state index contributed by atoms with van der Waals surface area (Å²) in [6, 6.07) is 9.09. The fourth-order valence-electron chi connectivity index (χ4n) is 5.90. The molecule has 0 N–H and O–H groups in total. The molecule has 2 saturated carbocycles. The summed E-state index contributed by atoms with van der Waals surface area (Å²) >= 11 is 0. The zero-order valence-electron chi connectivity index (χ0n) is 19.0. The van der Waals surface area contributed by atoms with E-state index in [1.807, 2.05) is 24.3 Å². The zero-order chi connectivity index (χ0) is 21.9. The Hall–Kier alpha value is -2.16. The minimum Gasteiger partial charge on any atom is -0.458 e. The summed E-state index contributed by atoms with van der Waals surface area (Å²) in [7, 11) is 0. The number of carbonyl (C=O) groups is 2. The van der Waals surface area contributed by atoms with E-state index in [-0.39, 0.29) is 16.8 Å². The molecule has 0 spiro atoms. The third kappa shape index (κ3) is 4.45. The first-order valence-electron chi connectivity index (χ1n) is 11.2. The molecule has 0 bridgehead atoms. The summed E-state index contributed by atoms with van der Waals surface area (Å²) in [6.45, 7) is 13.5. The van der Waals surface area contributed by atoms with Crippen LogP contribution in [0.4, 0.5) is 0 Å². The Morgan fingerprint density at radius 3 is 2.60 bits per heavy atom. The van der Waals surface area contributed by atoms with E-state index in [0.29, 0.717) is 36.2 Å². The SMILES string of the molecule is C=C1CC[C@H]2C(C)(C)C(=O)CC[C@]2(C)[C@H]1CC/C(C)=C/COC(=O)c1ccccc1. The fourth-order valence-corrected chi connectivity index (χ4v) is 5.90. The second-order valence-corrected chi connectivity index (χ2v) is 10.0. The summed E-state index contributed by atoms with van der Waals surface area (Å²) in [4.78, 5) is 24.6. The highest BCUT2D eigenvalue weighted by Crippen LogP contribution is 2.60. The average molecular weight is 409 g/mol. The predicted molar refractivity (Wildman–Crippen MR) is 121 cm³/mol. The number of hydrogen-bond donors (Lipinski definition) is 0. The van der Waals surface area contributed by atoms with Crippen LogP contribution in [0.3, 0.4) is 0 Å². The maximum atomic E-state index is 12.6. The van der Waals surface area contributed by atoms with Gasteiger partial charge in [0.1, 0.15) is 12.4 Å². The van der Waals surface area contributed by atoms with Crippen LogP contribution in [0.15, 0.2) is 54.1 Å². The first-order chi connectivity index (χ1) is 14.2. The second kappa shape index (κ2) is 8.91. The highest BCUT2D eigenvalue weighted by Gasteiger charge is 2.55. The summed E-state index contributed by atoms with van der Waals surface area (Å²) in [5, 5.41) is 0. The molecule has 2 aliphatic rings. The van der Waals surface area contributed by atoms with Gasteiger partial charge in [0, 0.05) is 11.8 Å². The average Bonchev–Trinajstić information content (AvgIpc) is 2.71. The van der Waals surface area contributed by atoms with E-state index in [2.05, 4.69) is 34.3 Å². The molecule has 0 aliphatic heterocycles. The summed E-state index contributed by atoms with van der Waals surface area (Å²) in [6.07, 6.45) is 7.79. The van der Waals surface area contributed by atoms with Crippen LogP contribution in [0.25, 0.3) is 0 Å². The molecule has 0 aromatic heterocycles. The number of ether oxygens (including phenoxy) is 1. The Bertz CT molecular complexity index is 833. The minimum absolute atomic E-state index is 0.146. The van der Waals surface area contributed by atoms with Gasteiger partial charge in [-0.05, 0) is 74.5 Å². The molecule has 0 saturated heterocycles. The van der Waals surface area contributed by atoms with Gasteiger partial charge in [-0.2, -0.15) is 0 Å². The largest absolute Gasteiger partial charge is 0.458 e. The number of benzene rings is 1. The maximum absolute atomic E-state index is 12.6. The Labute approximate surface area is 181 Å². The number of esters is 1. The van der Waals surface area contributed by atoms with Crippen molar-refractivity contribution >= 4 is 11.8 Å². The van der Waals surface area contributed by atoms with Crippen LogP contribution in [-0.4, -0.2) is 18.4 Å². The van der Waals surface area contributed by atoms with E-state index in [4.69, 9.17) is 4.74 Å². The maximum Gasteiger partial charge on any atom is 0.338 e. The quantitative estimate of drug-likeness (QED) is 0.396. The van der Waals surface area contributed by atoms with Crippen LogP contribution in [0, 0.1) is 22.7 Å². The topological polar surface area (TPSA) is 43.4 Å². The van der Waals surface area contributed by atoms with Gasteiger partial charge in [0.15, 0.2) is 0 Å². The van der Waals surface area contributed by atoms with Crippen LogP contribution in [0.5, 0.6) is 0 Å². The monoisotopic (exact) mass is 408 g/mol. The molecule has 3 rings (SSSR count). The van der Waals surface area contributed by atoms with Gasteiger partial charge in [-0.25, -0.2) is 4.79 Å². The molecule has 2 aliphatic carbocycles. The Kier molecular flexibility index (Phi) is 6.69. The number of ketones is 1. The molecule has 2 fully saturated rings. The number of hydrogen-bond acceptors (Lipinski definition) is 3. The molecule has 0 radical (unpaired) electrons. The van der Waals surface area contributed by atoms with E-state index in [9.17, 15) is 9.59 Å². The van der Waals surface area contributed by atoms with Gasteiger partial charge in [0.25, 0.3) is 0 Å². The van der Waals surface area contributed by atoms with E-state index in [0.717, 1.165) is 32.1 Å². The van der Waals surface area contributed by atoms with Crippen molar-refractivity contribution in [3.8, 4) is 0 Å². The predicted octanol–water partition coefficient (Wildman–Crippen LogP) is 6.55. The molecule has 1 aromatic rings. The number of carbonyl (C=O) groups excluding carboxylic acids is 2. The molecular formula is C27H36O3. The smallest absolute Gasteiger partial charge is 0.338 e. The van der Waals surface area contributed by atoms with Crippen molar-refractivity contribution in [2.45, 2.75) is 66.2 Å². The lowest BCUT2D eigenvalue weighted by atomic mass is 9.47. The highest BCUT2D eigenvalue weighted by atomic mass is 16.5. The molecule has 1 aromatic carbocycles. The van der Waals surface area contributed by atoms with E-state index >= 15 is 0 Å². The number of allylic oxidation sites excluding steroid dienone is 2. The number of fused-ring (bicyclic) bond motifs is 1. The summed E-state index contributed by atoms with van der Waals surface area (Å²) in [5.41, 5.74) is 3.08. The van der Waals surface area contributed by atoms with E-state index < -0.39 is 0 Å². The van der Waals surface area contributed by atoms with Gasteiger partial charge in [0.2, 0.25) is 0 Å². The normalized spacial score (nSPS) is 28.7.